The lowest BCUT2D eigenvalue weighted by molar-refractivity contribution is 0.516. The molecule has 4 aromatic rings. The number of aliphatic imine (C=N–C) groups is 1. The van der Waals surface area contributed by atoms with E-state index in [1.807, 2.05) is 18.3 Å². The summed E-state index contributed by atoms with van der Waals surface area (Å²) < 4.78 is 28.6. The van der Waals surface area contributed by atoms with E-state index >= 15 is 0 Å². The van der Waals surface area contributed by atoms with Gasteiger partial charge in [-0.05, 0) is 66.9 Å². The van der Waals surface area contributed by atoms with E-state index in [0.717, 1.165) is 44.5 Å². The average Bonchev–Trinajstić information content (AvgIpc) is 3.40. The molecule has 0 bridgehead atoms. The van der Waals surface area contributed by atoms with E-state index in [4.69, 9.17) is 0 Å². The van der Waals surface area contributed by atoms with E-state index in [1.54, 1.807) is 31.7 Å². The van der Waals surface area contributed by atoms with Crippen molar-refractivity contribution in [3.05, 3.63) is 77.4 Å². The maximum atomic E-state index is 13.9. The fourth-order valence-electron chi connectivity index (χ4n) is 4.82. The topological polar surface area (TPSA) is 71.0 Å². The molecule has 0 radical (unpaired) electrons. The van der Waals surface area contributed by atoms with Crippen LogP contribution < -0.4 is 5.44 Å². The predicted octanol–water partition coefficient (Wildman–Crippen LogP) is 6.20. The monoisotopic (exact) mass is 484 g/mol. The Morgan fingerprint density at radius 3 is 2.51 bits per heavy atom. The van der Waals surface area contributed by atoms with E-state index in [9.17, 15) is 14.2 Å². The van der Waals surface area contributed by atoms with Crippen molar-refractivity contribution < 1.29 is 8.96 Å². The predicted molar refractivity (Wildman–Crippen MR) is 140 cm³/mol. The third-order valence-corrected chi connectivity index (χ3v) is 7.92. The first-order valence-corrected chi connectivity index (χ1v) is 14.1. The zero-order valence-electron chi connectivity index (χ0n) is 20.2. The molecule has 35 heavy (non-hydrogen) atoms. The third kappa shape index (κ3) is 4.00. The van der Waals surface area contributed by atoms with E-state index in [1.165, 1.54) is 12.1 Å². The van der Waals surface area contributed by atoms with Gasteiger partial charge in [-0.15, -0.1) is 0 Å². The third-order valence-electron chi connectivity index (χ3n) is 6.56. The molecular formula is C28H26FN4OP. The normalized spacial score (nSPS) is 13.3. The van der Waals surface area contributed by atoms with E-state index in [2.05, 4.69) is 46.6 Å². The van der Waals surface area contributed by atoms with Gasteiger partial charge in [0.2, 0.25) is 0 Å². The Labute approximate surface area is 204 Å². The number of hydrogen-bond acceptors (Lipinski definition) is 4. The molecule has 7 heteroatoms. The number of halogens is 1. The Bertz CT molecular complexity index is 1570. The Morgan fingerprint density at radius 2 is 1.89 bits per heavy atom. The highest BCUT2D eigenvalue weighted by Gasteiger charge is 2.32. The lowest BCUT2D eigenvalue weighted by Gasteiger charge is -2.26. The minimum atomic E-state index is -2.50. The minimum Gasteiger partial charge on any atom is -0.318 e. The van der Waals surface area contributed by atoms with Crippen molar-refractivity contribution >= 4 is 29.7 Å². The molecule has 176 valence electrons. The molecule has 0 fully saturated rings. The van der Waals surface area contributed by atoms with Crippen LogP contribution in [0.4, 0.5) is 4.39 Å². The van der Waals surface area contributed by atoms with Crippen LogP contribution in [0.3, 0.4) is 0 Å². The van der Waals surface area contributed by atoms with Crippen molar-refractivity contribution in [3.8, 4) is 22.9 Å². The van der Waals surface area contributed by atoms with Crippen molar-refractivity contribution in [3.63, 3.8) is 0 Å². The molecule has 0 amide bonds. The first kappa shape index (κ1) is 23.2. The lowest BCUT2D eigenvalue weighted by atomic mass is 9.82. The average molecular weight is 485 g/mol. The summed E-state index contributed by atoms with van der Waals surface area (Å²) in [6.07, 6.45) is 3.95. The van der Waals surface area contributed by atoms with Crippen LogP contribution in [-0.4, -0.2) is 29.1 Å². The molecular weight excluding hydrogens is 458 g/mol. The summed E-state index contributed by atoms with van der Waals surface area (Å²) in [6.45, 7) is 8.14. The SMILES string of the molecule is CC(C)(CC#N)c1c(-c2ccc(P(C)(C)=O)nc2)c2cc3c(cc2n1-c1ccc(F)cc1)C=NC3. The highest BCUT2D eigenvalue weighted by Crippen LogP contribution is 2.45. The molecule has 0 N–H and O–H groups in total. The zero-order chi connectivity index (χ0) is 25.0. The van der Waals surface area contributed by atoms with Crippen molar-refractivity contribution in [2.45, 2.75) is 32.2 Å². The maximum absolute atomic E-state index is 13.9. The lowest BCUT2D eigenvalue weighted by Crippen LogP contribution is -2.22. The van der Waals surface area contributed by atoms with Crippen LogP contribution in [0.5, 0.6) is 0 Å². The van der Waals surface area contributed by atoms with Gasteiger partial charge < -0.3 is 9.13 Å². The Hall–Kier alpha value is -3.55. The second-order valence-electron chi connectivity index (χ2n) is 10.0. The van der Waals surface area contributed by atoms with E-state index < -0.39 is 12.6 Å². The summed E-state index contributed by atoms with van der Waals surface area (Å²) in [6, 6.07) is 16.8. The number of aromatic nitrogens is 2. The van der Waals surface area contributed by atoms with Crippen LogP contribution in [0.25, 0.3) is 27.7 Å². The molecule has 5 nitrogen and oxygen atoms in total. The largest absolute Gasteiger partial charge is 0.318 e. The molecule has 0 saturated heterocycles. The highest BCUT2D eigenvalue weighted by atomic mass is 31.2. The van der Waals surface area contributed by atoms with Crippen LogP contribution in [0, 0.1) is 17.1 Å². The quantitative estimate of drug-likeness (QED) is 0.317. The first-order chi connectivity index (χ1) is 16.6. The number of fused-ring (bicyclic) bond motifs is 2. The van der Waals surface area contributed by atoms with Gasteiger partial charge in [0.1, 0.15) is 13.0 Å². The standard InChI is InChI=1S/C28H26FN4OP/c1-28(2,11-12-30)27-26(18-5-10-25(32-17-18)35(3,4)34)23-13-19-15-31-16-20(19)14-24(23)33(27)22-8-6-21(29)7-9-22/h5-10,13-14,16-17H,11,15H2,1-4H3. The summed E-state index contributed by atoms with van der Waals surface area (Å²) in [5.74, 6) is -0.306. The molecule has 3 heterocycles. The fraction of sp³-hybridized carbons (Fsp3) is 0.250. The summed E-state index contributed by atoms with van der Waals surface area (Å²) in [5, 5.41) is 10.7. The number of benzene rings is 2. The molecule has 1 aliphatic heterocycles. The molecule has 0 unspecified atom stereocenters. The van der Waals surface area contributed by atoms with Gasteiger partial charge in [0.15, 0.2) is 0 Å². The number of rotatable bonds is 5. The van der Waals surface area contributed by atoms with Crippen LogP contribution in [0.2, 0.25) is 0 Å². The van der Waals surface area contributed by atoms with Crippen LogP contribution >= 0.6 is 7.14 Å². The van der Waals surface area contributed by atoms with Gasteiger partial charge in [0.25, 0.3) is 0 Å². The summed E-state index contributed by atoms with van der Waals surface area (Å²) >= 11 is 0. The summed E-state index contributed by atoms with van der Waals surface area (Å²) in [5.41, 5.74) is 6.82. The number of nitriles is 1. The summed E-state index contributed by atoms with van der Waals surface area (Å²) in [4.78, 5) is 9.00. The smallest absolute Gasteiger partial charge is 0.127 e. The Morgan fingerprint density at radius 1 is 1.14 bits per heavy atom. The van der Waals surface area contributed by atoms with Crippen molar-refractivity contribution in [2.24, 2.45) is 4.99 Å². The molecule has 0 aliphatic carbocycles. The highest BCUT2D eigenvalue weighted by molar-refractivity contribution is 7.69. The number of hydrogen-bond donors (Lipinski definition) is 0. The summed E-state index contributed by atoms with van der Waals surface area (Å²) in [7, 11) is -2.50. The minimum absolute atomic E-state index is 0.295. The molecule has 1 aliphatic rings. The van der Waals surface area contributed by atoms with Crippen LogP contribution in [0.1, 0.15) is 37.1 Å². The zero-order valence-corrected chi connectivity index (χ0v) is 21.1. The molecule has 2 aromatic carbocycles. The maximum Gasteiger partial charge on any atom is 0.127 e. The second-order valence-corrected chi connectivity index (χ2v) is 13.2. The van der Waals surface area contributed by atoms with Gasteiger partial charge in [-0.1, -0.05) is 19.9 Å². The van der Waals surface area contributed by atoms with Crippen molar-refractivity contribution in [1.82, 2.24) is 9.55 Å². The Kier molecular flexibility index (Phi) is 5.49. The van der Waals surface area contributed by atoms with Gasteiger partial charge in [0, 0.05) is 52.1 Å². The fourth-order valence-corrected chi connectivity index (χ4v) is 5.59. The first-order valence-electron chi connectivity index (χ1n) is 11.5. The molecule has 5 rings (SSSR count). The molecule has 0 saturated carbocycles. The number of pyridine rings is 1. The van der Waals surface area contributed by atoms with Crippen LogP contribution in [0.15, 0.2) is 59.7 Å². The number of nitrogens with zero attached hydrogens (tertiary/aromatic N) is 4. The second kappa shape index (κ2) is 8.29. The molecule has 0 spiro atoms. The molecule has 0 atom stereocenters. The van der Waals surface area contributed by atoms with E-state index in [0.29, 0.717) is 18.4 Å². The molecule has 2 aromatic heterocycles. The van der Waals surface area contributed by atoms with Gasteiger partial charge in [-0.3, -0.25) is 9.98 Å². The van der Waals surface area contributed by atoms with Gasteiger partial charge in [-0.25, -0.2) is 4.39 Å². The van der Waals surface area contributed by atoms with Crippen molar-refractivity contribution in [2.75, 3.05) is 13.3 Å². The van der Waals surface area contributed by atoms with Gasteiger partial charge >= 0.3 is 0 Å². The van der Waals surface area contributed by atoms with Crippen LogP contribution in [-0.2, 0) is 16.5 Å². The van der Waals surface area contributed by atoms with Crippen molar-refractivity contribution in [1.29, 1.82) is 5.26 Å². The Balaban J connectivity index is 1.91. The van der Waals surface area contributed by atoms with Gasteiger partial charge in [0.05, 0.1) is 23.6 Å². The van der Waals surface area contributed by atoms with E-state index in [-0.39, 0.29) is 5.82 Å². The van der Waals surface area contributed by atoms with Gasteiger partial charge in [-0.2, -0.15) is 5.26 Å².